The van der Waals surface area contributed by atoms with Crippen LogP contribution in [0.3, 0.4) is 0 Å². The molecule has 0 aliphatic carbocycles. The highest BCUT2D eigenvalue weighted by molar-refractivity contribution is 6.36. The fraction of sp³-hybridized carbons (Fsp3) is 0.217. The molecule has 0 bridgehead atoms. The molecule has 0 spiro atoms. The van der Waals surface area contributed by atoms with Gasteiger partial charge in [-0.1, -0.05) is 6.07 Å². The minimum absolute atomic E-state index is 0.108. The second-order valence-electron chi connectivity index (χ2n) is 7.28. The summed E-state index contributed by atoms with van der Waals surface area (Å²) in [6.07, 6.45) is 2.89. The van der Waals surface area contributed by atoms with Crippen molar-refractivity contribution in [2.45, 2.75) is 25.4 Å². The number of aromatic nitrogens is 1. The van der Waals surface area contributed by atoms with Gasteiger partial charge in [-0.25, -0.2) is 0 Å². The summed E-state index contributed by atoms with van der Waals surface area (Å²) in [5.74, 6) is -2.97. The molecule has 1 aromatic carbocycles. The van der Waals surface area contributed by atoms with Crippen LogP contribution in [0.4, 0.5) is 5.69 Å². The fourth-order valence-corrected chi connectivity index (χ4v) is 3.21. The minimum Gasteiger partial charge on any atom is -0.464 e. The van der Waals surface area contributed by atoms with Crippen LogP contribution in [0.5, 0.6) is 0 Å². The van der Waals surface area contributed by atoms with Crippen LogP contribution in [0.25, 0.3) is 11.0 Å². The molecule has 176 valence electrons. The third-order valence-electron chi connectivity index (χ3n) is 5.03. The van der Waals surface area contributed by atoms with Crippen LogP contribution in [0, 0.1) is 0 Å². The molecule has 0 fully saturated rings. The molecule has 0 saturated heterocycles. The van der Waals surface area contributed by atoms with Crippen molar-refractivity contribution >= 4 is 46.4 Å². The van der Waals surface area contributed by atoms with Gasteiger partial charge in [-0.2, -0.15) is 0 Å². The molecular weight excluding hydrogens is 444 g/mol. The van der Waals surface area contributed by atoms with Crippen LogP contribution in [0.1, 0.15) is 23.2 Å². The van der Waals surface area contributed by atoms with Crippen molar-refractivity contribution in [1.82, 2.24) is 15.2 Å². The van der Waals surface area contributed by atoms with E-state index in [1.54, 1.807) is 18.2 Å². The molecule has 0 aliphatic rings. The molecule has 1 unspecified atom stereocenters. The van der Waals surface area contributed by atoms with E-state index in [1.165, 1.54) is 37.7 Å². The van der Waals surface area contributed by atoms with Crippen LogP contribution < -0.4 is 21.5 Å². The lowest BCUT2D eigenvalue weighted by Crippen LogP contribution is -2.45. The number of anilines is 1. The normalized spacial score (nSPS) is 11.4. The Labute approximate surface area is 193 Å². The van der Waals surface area contributed by atoms with Crippen molar-refractivity contribution in [1.29, 1.82) is 0 Å². The van der Waals surface area contributed by atoms with Crippen LogP contribution in [0.2, 0.25) is 0 Å². The van der Waals surface area contributed by atoms with E-state index in [0.29, 0.717) is 11.9 Å². The Morgan fingerprint density at radius 3 is 2.68 bits per heavy atom. The van der Waals surface area contributed by atoms with E-state index in [-0.39, 0.29) is 30.6 Å². The number of aldehydes is 1. The van der Waals surface area contributed by atoms with Gasteiger partial charge in [-0.05, 0) is 36.8 Å². The number of nitrogens with zero attached hydrogens (tertiary/aromatic N) is 1. The lowest BCUT2D eigenvalue weighted by molar-refractivity contribution is -0.137. The van der Waals surface area contributed by atoms with Gasteiger partial charge in [0.2, 0.25) is 11.7 Å². The van der Waals surface area contributed by atoms with Gasteiger partial charge in [0.05, 0.1) is 12.8 Å². The first-order valence-electron chi connectivity index (χ1n) is 10.3. The number of pyridine rings is 1. The van der Waals surface area contributed by atoms with E-state index in [1.807, 2.05) is 0 Å². The number of furan rings is 1. The number of benzene rings is 1. The summed E-state index contributed by atoms with van der Waals surface area (Å²) in [5.41, 5.74) is -0.0321. The number of likely N-dealkylation sites (N-methyl/N-ethyl adjacent to an activating group) is 1. The summed E-state index contributed by atoms with van der Waals surface area (Å²) in [7, 11) is 1.30. The number of hydrogen-bond donors (Lipinski definition) is 3. The van der Waals surface area contributed by atoms with Crippen molar-refractivity contribution in [3.05, 3.63) is 64.8 Å². The van der Waals surface area contributed by atoms with E-state index in [4.69, 9.17) is 4.42 Å². The summed E-state index contributed by atoms with van der Waals surface area (Å²) in [5, 5.41) is 7.96. The fourth-order valence-electron chi connectivity index (χ4n) is 3.21. The third kappa shape index (κ3) is 5.63. The Hall–Kier alpha value is -4.54. The van der Waals surface area contributed by atoms with Gasteiger partial charge in [-0.15, -0.1) is 0 Å². The summed E-state index contributed by atoms with van der Waals surface area (Å²) in [6.45, 7) is -0.196. The number of carbonyl (C=O) groups is 5. The molecular formula is C23H22N4O7. The van der Waals surface area contributed by atoms with E-state index in [9.17, 15) is 28.8 Å². The SMILES string of the molecule is CNC(=O)C(=O)CCC(NC(=O)c1ccc2ccoc2c1)C(=O)Nc1cccn(CC=O)c1=O. The largest absolute Gasteiger partial charge is 0.464 e. The van der Waals surface area contributed by atoms with Crippen LogP contribution in [-0.2, 0) is 25.7 Å². The highest BCUT2D eigenvalue weighted by Gasteiger charge is 2.25. The molecule has 11 heteroatoms. The zero-order valence-electron chi connectivity index (χ0n) is 18.2. The first-order chi connectivity index (χ1) is 16.3. The molecule has 3 N–H and O–H groups in total. The maximum absolute atomic E-state index is 12.9. The average molecular weight is 466 g/mol. The van der Waals surface area contributed by atoms with Gasteiger partial charge in [-0.3, -0.25) is 24.0 Å². The first kappa shape index (κ1) is 24.1. The Kier molecular flexibility index (Phi) is 7.70. The van der Waals surface area contributed by atoms with Gasteiger partial charge in [0.15, 0.2) is 0 Å². The summed E-state index contributed by atoms with van der Waals surface area (Å²) in [6, 6.07) is 8.04. The maximum atomic E-state index is 12.9. The quantitative estimate of drug-likeness (QED) is 0.292. The third-order valence-corrected chi connectivity index (χ3v) is 5.03. The van der Waals surface area contributed by atoms with E-state index < -0.39 is 35.1 Å². The summed E-state index contributed by atoms with van der Waals surface area (Å²) in [4.78, 5) is 72.4. The maximum Gasteiger partial charge on any atom is 0.287 e. The van der Waals surface area contributed by atoms with Gasteiger partial charge in [0.1, 0.15) is 23.6 Å². The molecule has 3 rings (SSSR count). The number of fused-ring (bicyclic) bond motifs is 1. The predicted octanol–water partition coefficient (Wildman–Crippen LogP) is 0.626. The highest BCUT2D eigenvalue weighted by Crippen LogP contribution is 2.17. The van der Waals surface area contributed by atoms with Gasteiger partial charge >= 0.3 is 0 Å². The Balaban J connectivity index is 1.81. The van der Waals surface area contributed by atoms with Gasteiger partial charge in [0, 0.05) is 30.6 Å². The molecule has 11 nitrogen and oxygen atoms in total. The van der Waals surface area contributed by atoms with Crippen LogP contribution >= 0.6 is 0 Å². The second-order valence-corrected chi connectivity index (χ2v) is 7.28. The minimum atomic E-state index is -1.24. The summed E-state index contributed by atoms with van der Waals surface area (Å²) >= 11 is 0. The van der Waals surface area contributed by atoms with Crippen molar-refractivity contribution < 1.29 is 28.4 Å². The lowest BCUT2D eigenvalue weighted by Gasteiger charge is -2.18. The van der Waals surface area contributed by atoms with E-state index in [0.717, 1.165) is 9.95 Å². The van der Waals surface area contributed by atoms with Crippen LogP contribution in [-0.4, -0.2) is 47.4 Å². The molecule has 2 heterocycles. The summed E-state index contributed by atoms with van der Waals surface area (Å²) < 4.78 is 6.39. The average Bonchev–Trinajstić information content (AvgIpc) is 3.31. The highest BCUT2D eigenvalue weighted by atomic mass is 16.3. The number of amides is 3. The van der Waals surface area contributed by atoms with Crippen LogP contribution in [0.15, 0.2) is 58.1 Å². The molecule has 3 aromatic rings. The number of hydrogen-bond acceptors (Lipinski definition) is 7. The number of Topliss-reactive ketones (excluding diaryl/α,β-unsaturated/α-hetero) is 1. The van der Waals surface area contributed by atoms with Crippen molar-refractivity contribution in [3.63, 3.8) is 0 Å². The Bertz CT molecular complexity index is 1310. The van der Waals surface area contributed by atoms with E-state index in [2.05, 4.69) is 16.0 Å². The predicted molar refractivity (Wildman–Crippen MR) is 121 cm³/mol. The number of ketones is 1. The lowest BCUT2D eigenvalue weighted by atomic mass is 10.1. The first-order valence-corrected chi connectivity index (χ1v) is 10.3. The Morgan fingerprint density at radius 1 is 1.15 bits per heavy atom. The number of carbonyl (C=O) groups excluding carboxylic acids is 5. The zero-order chi connectivity index (χ0) is 24.7. The molecule has 0 saturated carbocycles. The molecule has 0 aliphatic heterocycles. The molecule has 3 amide bonds. The van der Waals surface area contributed by atoms with Gasteiger partial charge in [0.25, 0.3) is 17.4 Å². The number of nitrogens with one attached hydrogen (secondary N) is 3. The van der Waals surface area contributed by atoms with Crippen molar-refractivity contribution in [2.24, 2.45) is 0 Å². The standard InChI is InChI=1S/C23H22N4O7/c1-24-22(32)18(29)7-6-16(21(31)26-17-3-2-9-27(10-11-28)23(17)33)25-20(30)15-5-4-14-8-12-34-19(14)13-15/h2-5,8-9,11-13,16H,6-7,10H2,1H3,(H,24,32)(H,25,30)(H,26,31). The van der Waals surface area contributed by atoms with Gasteiger partial charge < -0.3 is 29.7 Å². The zero-order valence-corrected chi connectivity index (χ0v) is 18.2. The van der Waals surface area contributed by atoms with Crippen molar-refractivity contribution in [2.75, 3.05) is 12.4 Å². The van der Waals surface area contributed by atoms with E-state index >= 15 is 0 Å². The molecule has 34 heavy (non-hydrogen) atoms. The smallest absolute Gasteiger partial charge is 0.287 e. The topological polar surface area (TPSA) is 157 Å². The monoisotopic (exact) mass is 466 g/mol. The molecule has 0 radical (unpaired) electrons. The molecule has 2 aromatic heterocycles. The molecule has 1 atom stereocenters. The Morgan fingerprint density at radius 2 is 1.94 bits per heavy atom. The number of rotatable bonds is 10. The second kappa shape index (κ2) is 10.9. The van der Waals surface area contributed by atoms with Crippen molar-refractivity contribution in [3.8, 4) is 0 Å².